The lowest BCUT2D eigenvalue weighted by Gasteiger charge is -2.35. The second-order valence-corrected chi connectivity index (χ2v) is 25.6. The Bertz CT molecular complexity index is 4410. The molecule has 22 N–H and O–H groups in total. The summed E-state index contributed by atoms with van der Waals surface area (Å²) in [5.41, 5.74) is 11.2. The van der Waals surface area contributed by atoms with Gasteiger partial charge in [0.2, 0.25) is 59.6 Å². The third-order valence-corrected chi connectivity index (χ3v) is 15.7. The highest BCUT2D eigenvalue weighted by molar-refractivity contribution is 6.11. The molecule has 0 bridgehead atoms. The molecule has 7 aliphatic heterocycles. The average molecular weight is 1530 g/mol. The highest BCUT2D eigenvalue weighted by atomic mass is 15.5. The normalized spacial score (nSPS) is 20.6. The monoisotopic (exact) mass is 1530 g/mol. The lowest BCUT2D eigenvalue weighted by Crippen LogP contribution is -2.54. The van der Waals surface area contributed by atoms with E-state index < -0.39 is 0 Å². The molecule has 0 saturated carbocycles. The second kappa shape index (κ2) is 40.2. The van der Waals surface area contributed by atoms with E-state index in [9.17, 15) is 0 Å². The van der Waals surface area contributed by atoms with Gasteiger partial charge in [0.15, 0.2) is 23.8 Å². The number of guanidine groups is 14. The largest absolute Gasteiger partial charge is 0.370 e. The molecule has 42 nitrogen and oxygen atoms in total. The van der Waals surface area contributed by atoms with Crippen LogP contribution in [-0.2, 0) is 0 Å². The molecule has 0 aliphatic carbocycles. The molecule has 14 heterocycles. The summed E-state index contributed by atoms with van der Waals surface area (Å²) in [5.74, 6) is 16.5. The first-order valence-electron chi connectivity index (χ1n) is 35.6. The Labute approximate surface area is 647 Å². The number of anilines is 7. The van der Waals surface area contributed by atoms with Crippen molar-refractivity contribution in [1.82, 2.24) is 97.0 Å². The fourth-order valence-electron chi connectivity index (χ4n) is 10.4. The fourth-order valence-corrected chi connectivity index (χ4v) is 10.4. The van der Waals surface area contributed by atoms with E-state index in [1.54, 1.807) is 14.1 Å². The van der Waals surface area contributed by atoms with Gasteiger partial charge in [-0.3, -0.25) is 46.8 Å². The van der Waals surface area contributed by atoms with Gasteiger partial charge in [-0.15, -0.1) is 0 Å². The first-order chi connectivity index (χ1) is 53.1. The van der Waals surface area contributed by atoms with E-state index in [-0.39, 0.29) is 43.2 Å². The predicted molar refractivity (Wildman–Crippen MR) is 454 cm³/mol. The Balaban J connectivity index is 0.000000163. The van der Waals surface area contributed by atoms with E-state index in [0.29, 0.717) is 41.7 Å². The molecular formula is C69H110N42. The van der Waals surface area contributed by atoms with E-state index >= 15 is 0 Å². The first-order valence-corrected chi connectivity index (χ1v) is 35.6. The van der Waals surface area contributed by atoms with Gasteiger partial charge in [0.05, 0.1) is 0 Å². The Kier molecular flexibility index (Phi) is 30.0. The van der Waals surface area contributed by atoms with Crippen LogP contribution in [0.2, 0.25) is 0 Å². The maximum absolute atomic E-state index is 5.63. The van der Waals surface area contributed by atoms with E-state index in [2.05, 4.69) is 163 Å². The van der Waals surface area contributed by atoms with E-state index in [0.717, 1.165) is 82.4 Å². The number of nitrogens with one attached hydrogen (secondary N) is 18. The number of nitrogens with two attached hydrogens (primary N) is 2. The van der Waals surface area contributed by atoms with Crippen LogP contribution in [0.5, 0.6) is 0 Å². The summed E-state index contributed by atoms with van der Waals surface area (Å²) < 4.78 is 0. The van der Waals surface area contributed by atoms with Gasteiger partial charge in [0.1, 0.15) is 83.9 Å². The van der Waals surface area contributed by atoms with Crippen molar-refractivity contribution in [3.8, 4) is 0 Å². The van der Waals surface area contributed by atoms with Crippen molar-refractivity contribution in [1.29, 1.82) is 0 Å². The van der Waals surface area contributed by atoms with Crippen LogP contribution in [0.25, 0.3) is 0 Å². The first kappa shape index (κ1) is 82.8. The Morgan fingerprint density at radius 1 is 0.333 bits per heavy atom. The molecule has 7 atom stereocenters. The summed E-state index contributed by atoms with van der Waals surface area (Å²) in [6.45, 7) is 13.6. The standard InChI is InChI=1S/C12H20N6.C11H18N6.2C10H16N6.2C9H14N6.C8H12N6/c1-9-14-11(16(2)3)18(5)12(15-9)17(4)10-7-6-8-13-10;1-8-13-10(16(2)3)15-11(14-8)17(4)9-6-5-7-12-9;1-7-12-9(14-8-5-4-6-11-8)15-10(13-7)16(2)3;1-7-13-9(11-2)15-10(14-7)16(3)8-5-4-6-12-8;1-6-12-8(10)14-9(13-6)15(2)7-4-3-5-11-7;1-6-12-8(10-2)15-9(13-6)14-7-4-3-5-11-7;1-5-11-7(9)14-8(12-5)13-6-3-2-4-10-6/h6-9,13H,1-5H3;5-8,12H,1-4H3,(H,13,14,15);4-7,11H,1-3H3,(H2,12,13,14,15);4-7,12H,1-3H3,(H2,11,13,14,15);3-6,11H,1-2H3,(H3,10,12,13,14);3-6,11H,1-2H3,(H3,10,12,13,14,15);2-5,10H,1H3,(H4,9,11,12,13,14). The van der Waals surface area contributed by atoms with Crippen LogP contribution in [0, 0.1) is 0 Å². The average Bonchev–Trinajstić information content (AvgIpc) is 1.80. The summed E-state index contributed by atoms with van der Waals surface area (Å²) in [5, 5.41) is 33.7. The van der Waals surface area contributed by atoms with E-state index in [1.165, 1.54) is 0 Å². The van der Waals surface area contributed by atoms with Crippen molar-refractivity contribution in [3.05, 3.63) is 128 Å². The summed E-state index contributed by atoms with van der Waals surface area (Å²) in [4.78, 5) is 97.5. The maximum atomic E-state index is 5.63. The molecule has 0 saturated heterocycles. The van der Waals surface area contributed by atoms with Crippen LogP contribution >= 0.6 is 0 Å². The van der Waals surface area contributed by atoms with Crippen molar-refractivity contribution in [2.45, 2.75) is 91.6 Å². The van der Waals surface area contributed by atoms with Crippen molar-refractivity contribution >= 4 is 124 Å². The molecule has 7 unspecified atom stereocenters. The highest BCUT2D eigenvalue weighted by Crippen LogP contribution is 2.18. The minimum Gasteiger partial charge on any atom is -0.370 e. The zero-order valence-electron chi connectivity index (χ0n) is 66.7. The highest BCUT2D eigenvalue weighted by Gasteiger charge is 2.27. The topological polar surface area (TPSA) is 494 Å². The van der Waals surface area contributed by atoms with Gasteiger partial charge >= 0.3 is 0 Å². The molecular weight excluding hydrogens is 1420 g/mol. The number of aliphatic imine (C=N–C) groups is 14. The minimum atomic E-state index is -0.145. The summed E-state index contributed by atoms with van der Waals surface area (Å²) in [6, 6.07) is 27.3. The Hall–Kier alpha value is -13.9. The smallest absolute Gasteiger partial charge is 0.210 e. The molecule has 42 heteroatoms. The van der Waals surface area contributed by atoms with Crippen molar-refractivity contribution < 1.29 is 0 Å². The zero-order chi connectivity index (χ0) is 80.3. The summed E-state index contributed by atoms with van der Waals surface area (Å²) in [6.07, 6.45) is 12.6. The third-order valence-electron chi connectivity index (χ3n) is 15.7. The summed E-state index contributed by atoms with van der Waals surface area (Å²) in [7, 11) is 25.0. The molecule has 7 aliphatic rings. The lowest BCUT2D eigenvalue weighted by atomic mass is 10.4. The molecule has 0 amide bonds. The molecule has 596 valence electrons. The maximum Gasteiger partial charge on any atom is 0.210 e. The molecule has 7 aromatic rings. The van der Waals surface area contributed by atoms with Crippen molar-refractivity contribution in [3.63, 3.8) is 0 Å². The van der Waals surface area contributed by atoms with Gasteiger partial charge in [-0.1, -0.05) is 0 Å². The molecule has 0 radical (unpaired) electrons. The molecule has 0 aromatic carbocycles. The van der Waals surface area contributed by atoms with Crippen LogP contribution in [-0.4, -0.2) is 273 Å². The van der Waals surface area contributed by atoms with Crippen molar-refractivity contribution in [2.75, 3.05) is 127 Å². The molecule has 111 heavy (non-hydrogen) atoms. The Morgan fingerprint density at radius 2 is 0.667 bits per heavy atom. The van der Waals surface area contributed by atoms with Gasteiger partial charge in [0, 0.05) is 135 Å². The van der Waals surface area contributed by atoms with Gasteiger partial charge in [0.25, 0.3) is 0 Å². The van der Waals surface area contributed by atoms with Gasteiger partial charge in [-0.2, -0.15) is 0 Å². The SMILES string of the molecule is CC1N=C(N(C)C)N(C)C(N(C)c2ccc[nH]2)=N1.CC1N=C(N(C)C)NC(N(C)c2ccc[nH]2)=N1.CC1N=C(N)NC(N(C)c2ccc[nH]2)=N1.CC1N=C(N)NC(Nc2ccc[nH]2)=N1.CC1N=C(Nc2ccc[nH]2)NC(N(C)C)=N1.CN=C1NC(N(C)c2ccc[nH]2)=NC(C)N1.CN=C1NC(Nc2ccc[nH]2)=NC(C)N1. The number of aromatic amines is 7. The number of H-pyrrole nitrogens is 7. The molecule has 7 aromatic heterocycles. The van der Waals surface area contributed by atoms with Crippen LogP contribution in [0.15, 0.2) is 198 Å². The quantitative estimate of drug-likeness (QED) is 0.109. The van der Waals surface area contributed by atoms with Gasteiger partial charge in [-0.05, 0) is 133 Å². The summed E-state index contributed by atoms with van der Waals surface area (Å²) >= 11 is 0. The second-order valence-electron chi connectivity index (χ2n) is 25.6. The van der Waals surface area contributed by atoms with Crippen molar-refractivity contribution in [2.24, 2.45) is 81.4 Å². The van der Waals surface area contributed by atoms with Gasteiger partial charge in [-0.25, -0.2) is 59.9 Å². The van der Waals surface area contributed by atoms with Crippen LogP contribution in [0.1, 0.15) is 48.5 Å². The number of nitrogens with zero attached hydrogens (tertiary/aromatic N) is 22. The number of hydrogen-bond donors (Lipinski definition) is 20. The molecule has 0 spiro atoms. The fraction of sp³-hybridized carbons (Fsp3) is 0.391. The molecule has 0 fully saturated rings. The number of hydrogen-bond acceptors (Lipinski definition) is 31. The minimum absolute atomic E-state index is 0.0161. The van der Waals surface area contributed by atoms with Crippen LogP contribution in [0.3, 0.4) is 0 Å². The predicted octanol–water partition coefficient (Wildman–Crippen LogP) is 3.09. The van der Waals surface area contributed by atoms with Crippen LogP contribution < -0.4 is 89.6 Å². The lowest BCUT2D eigenvalue weighted by molar-refractivity contribution is 0.499. The van der Waals surface area contributed by atoms with E-state index in [1.807, 2.05) is 293 Å². The Morgan fingerprint density at radius 3 is 1.07 bits per heavy atom. The number of rotatable bonds is 7. The zero-order valence-corrected chi connectivity index (χ0v) is 66.7. The van der Waals surface area contributed by atoms with Gasteiger partial charge < -0.3 is 107 Å². The number of aromatic nitrogens is 7. The van der Waals surface area contributed by atoms with Crippen LogP contribution in [0.4, 0.5) is 40.7 Å². The van der Waals surface area contributed by atoms with E-state index in [4.69, 9.17) is 11.5 Å². The molecule has 14 rings (SSSR count). The third kappa shape index (κ3) is 25.4.